The van der Waals surface area contributed by atoms with E-state index in [-0.39, 0.29) is 35.7 Å². The molecule has 1 saturated heterocycles. The van der Waals surface area contributed by atoms with Gasteiger partial charge >= 0.3 is 5.97 Å². The van der Waals surface area contributed by atoms with Gasteiger partial charge in [0.25, 0.3) is 0 Å². The van der Waals surface area contributed by atoms with Crippen LogP contribution in [-0.4, -0.2) is 78.5 Å². The highest BCUT2D eigenvalue weighted by atomic mass is 28.4. The van der Waals surface area contributed by atoms with Crippen molar-refractivity contribution in [3.8, 4) is 5.75 Å². The van der Waals surface area contributed by atoms with Crippen molar-refractivity contribution < 1.29 is 42.7 Å². The predicted molar refractivity (Wildman–Crippen MR) is 165 cm³/mol. The van der Waals surface area contributed by atoms with Gasteiger partial charge in [-0.2, -0.15) is 0 Å². The second-order valence-corrected chi connectivity index (χ2v) is 17.8. The molecular weight excluding hydrogens is 556 g/mol. The molecule has 0 aromatic heterocycles. The first-order chi connectivity index (χ1) is 19.6. The summed E-state index contributed by atoms with van der Waals surface area (Å²) >= 11 is 0. The van der Waals surface area contributed by atoms with Crippen LogP contribution in [0.5, 0.6) is 5.75 Å². The molecule has 10 heteroatoms. The summed E-state index contributed by atoms with van der Waals surface area (Å²) in [5.74, 6) is -0.470. The lowest BCUT2D eigenvalue weighted by Crippen LogP contribution is -2.53. The number of aliphatic hydroxyl groups is 1. The minimum atomic E-state index is -1.89. The Morgan fingerprint density at radius 3 is 2.19 bits per heavy atom. The van der Waals surface area contributed by atoms with Crippen LogP contribution in [0.25, 0.3) is 0 Å². The molecule has 0 amide bonds. The van der Waals surface area contributed by atoms with Crippen molar-refractivity contribution in [2.45, 2.75) is 97.3 Å². The number of carbonyl (C=O) groups is 1. The fourth-order valence-electron chi connectivity index (χ4n) is 5.05. The Bertz CT molecular complexity index is 1000. The molecular formula is C32H54O9Si. The summed E-state index contributed by atoms with van der Waals surface area (Å²) in [4.78, 5) is 12.4. The molecule has 8 atom stereocenters. The largest absolute Gasteiger partial charge is 0.497 e. The molecule has 1 aliphatic rings. The molecule has 1 heterocycles. The summed E-state index contributed by atoms with van der Waals surface area (Å²) in [6.07, 6.45) is -1.79. The van der Waals surface area contributed by atoms with E-state index in [0.717, 1.165) is 11.1 Å². The number of carbonyl (C=O) groups excluding carboxylic acids is 1. The van der Waals surface area contributed by atoms with Gasteiger partial charge in [0.05, 0.1) is 26.4 Å². The van der Waals surface area contributed by atoms with Crippen molar-refractivity contribution >= 4 is 14.3 Å². The standard InChI is InChI=1S/C32H54O9Si/c1-20(18-39-42(11,12)32(5,6)7)17-21(2)27(38-19-35-8)22(3)28-23(4)29(26(33)30(34)37-10)41-31(40-28)24-13-15-25(36-9)16-14-24/h13-17,20,22-23,26-29,31,33H,18-19H2,1-12H3/b21-17+/t20-,22+,23+,26+,27-,28-,29-,31-/m0/s1. The van der Waals surface area contributed by atoms with Gasteiger partial charge in [-0.3, -0.25) is 0 Å². The zero-order valence-corrected chi connectivity index (χ0v) is 28.6. The summed E-state index contributed by atoms with van der Waals surface area (Å²) in [6, 6.07) is 7.32. The molecule has 240 valence electrons. The molecule has 0 unspecified atom stereocenters. The quantitative estimate of drug-likeness (QED) is 0.120. The van der Waals surface area contributed by atoms with Crippen LogP contribution in [0.3, 0.4) is 0 Å². The third kappa shape index (κ3) is 9.35. The maximum Gasteiger partial charge on any atom is 0.337 e. The molecule has 9 nitrogen and oxygen atoms in total. The first-order valence-corrected chi connectivity index (χ1v) is 17.6. The highest BCUT2D eigenvalue weighted by Crippen LogP contribution is 2.41. The highest BCUT2D eigenvalue weighted by molar-refractivity contribution is 6.74. The van der Waals surface area contributed by atoms with Gasteiger partial charge in [-0.1, -0.05) is 59.8 Å². The number of methoxy groups -OCH3 is 3. The molecule has 1 fully saturated rings. The minimum Gasteiger partial charge on any atom is -0.497 e. The number of hydrogen-bond donors (Lipinski definition) is 1. The molecule has 2 rings (SSSR count). The van der Waals surface area contributed by atoms with Gasteiger partial charge in [0.15, 0.2) is 20.7 Å². The van der Waals surface area contributed by atoms with Gasteiger partial charge in [0.1, 0.15) is 18.6 Å². The molecule has 1 aliphatic heterocycles. The highest BCUT2D eigenvalue weighted by Gasteiger charge is 2.47. The van der Waals surface area contributed by atoms with E-state index in [9.17, 15) is 9.90 Å². The minimum absolute atomic E-state index is 0.1000. The van der Waals surface area contributed by atoms with Crippen LogP contribution >= 0.6 is 0 Å². The van der Waals surface area contributed by atoms with Crippen molar-refractivity contribution in [1.82, 2.24) is 0 Å². The molecule has 0 spiro atoms. The summed E-state index contributed by atoms with van der Waals surface area (Å²) in [7, 11) is 2.55. The van der Waals surface area contributed by atoms with E-state index in [2.05, 4.69) is 46.9 Å². The Balaban J connectivity index is 2.38. The lowest BCUT2D eigenvalue weighted by atomic mass is 9.81. The van der Waals surface area contributed by atoms with Crippen molar-refractivity contribution in [3.63, 3.8) is 0 Å². The number of rotatable bonds is 14. The second kappa shape index (κ2) is 15.8. The van der Waals surface area contributed by atoms with E-state index in [0.29, 0.717) is 12.4 Å². The molecule has 0 aliphatic carbocycles. The summed E-state index contributed by atoms with van der Waals surface area (Å²) in [6.45, 7) is 20.1. The van der Waals surface area contributed by atoms with E-state index < -0.39 is 38.9 Å². The van der Waals surface area contributed by atoms with Crippen LogP contribution in [0, 0.1) is 17.8 Å². The van der Waals surface area contributed by atoms with Crippen LogP contribution in [0.15, 0.2) is 35.9 Å². The topological polar surface area (TPSA) is 102 Å². The molecule has 1 N–H and O–H groups in total. The lowest BCUT2D eigenvalue weighted by Gasteiger charge is -2.45. The number of benzene rings is 1. The van der Waals surface area contributed by atoms with Gasteiger partial charge in [0, 0.05) is 31.1 Å². The first-order valence-electron chi connectivity index (χ1n) is 14.7. The summed E-state index contributed by atoms with van der Waals surface area (Å²) in [5.41, 5.74) is 1.76. The zero-order valence-electron chi connectivity index (χ0n) is 27.6. The Hall–Kier alpha value is -1.79. The second-order valence-electron chi connectivity index (χ2n) is 12.9. The first kappa shape index (κ1) is 36.4. The summed E-state index contributed by atoms with van der Waals surface area (Å²) in [5, 5.41) is 11.0. The van der Waals surface area contributed by atoms with Crippen LogP contribution in [0.2, 0.25) is 18.1 Å². The monoisotopic (exact) mass is 610 g/mol. The molecule has 1 aromatic rings. The predicted octanol–water partition coefficient (Wildman–Crippen LogP) is 5.88. The van der Waals surface area contributed by atoms with E-state index in [4.69, 9.17) is 32.8 Å². The summed E-state index contributed by atoms with van der Waals surface area (Å²) < 4.78 is 40.9. The number of aliphatic hydroxyl groups excluding tert-OH is 1. The van der Waals surface area contributed by atoms with Crippen LogP contribution in [0.4, 0.5) is 0 Å². The van der Waals surface area contributed by atoms with Crippen LogP contribution in [-0.2, 0) is 32.9 Å². The molecule has 42 heavy (non-hydrogen) atoms. The smallest absolute Gasteiger partial charge is 0.337 e. The zero-order chi connectivity index (χ0) is 31.8. The number of ether oxygens (including phenoxy) is 6. The van der Waals surface area contributed by atoms with Crippen molar-refractivity contribution in [2.24, 2.45) is 17.8 Å². The van der Waals surface area contributed by atoms with Gasteiger partial charge < -0.3 is 38.0 Å². The van der Waals surface area contributed by atoms with Crippen molar-refractivity contribution in [2.75, 3.05) is 34.7 Å². The fourth-order valence-corrected chi connectivity index (χ4v) is 6.16. The van der Waals surface area contributed by atoms with Crippen molar-refractivity contribution in [1.29, 1.82) is 0 Å². The molecule has 0 saturated carbocycles. The number of hydrogen-bond acceptors (Lipinski definition) is 9. The lowest BCUT2D eigenvalue weighted by molar-refractivity contribution is -0.300. The van der Waals surface area contributed by atoms with E-state index in [1.807, 2.05) is 45.0 Å². The maximum atomic E-state index is 12.4. The van der Waals surface area contributed by atoms with Gasteiger partial charge in [0.2, 0.25) is 0 Å². The normalized spacial score (nSPS) is 24.9. The van der Waals surface area contributed by atoms with Gasteiger partial charge in [-0.25, -0.2) is 4.79 Å². The third-order valence-corrected chi connectivity index (χ3v) is 13.1. The number of esters is 1. The Kier molecular flexibility index (Phi) is 13.7. The Morgan fingerprint density at radius 2 is 1.67 bits per heavy atom. The van der Waals surface area contributed by atoms with E-state index in [1.165, 1.54) is 7.11 Å². The van der Waals surface area contributed by atoms with Crippen LogP contribution in [0.1, 0.15) is 60.3 Å². The van der Waals surface area contributed by atoms with Gasteiger partial charge in [-0.15, -0.1) is 0 Å². The molecule has 0 radical (unpaired) electrons. The van der Waals surface area contributed by atoms with Crippen LogP contribution < -0.4 is 4.74 Å². The Labute approximate surface area is 253 Å². The Morgan fingerprint density at radius 1 is 1.07 bits per heavy atom. The van der Waals surface area contributed by atoms with Gasteiger partial charge in [-0.05, 0) is 48.7 Å². The van der Waals surface area contributed by atoms with E-state index >= 15 is 0 Å². The fraction of sp³-hybridized carbons (Fsp3) is 0.719. The average molecular weight is 611 g/mol. The van der Waals surface area contributed by atoms with Crippen molar-refractivity contribution in [3.05, 3.63) is 41.5 Å². The maximum absolute atomic E-state index is 12.4. The SMILES string of the molecule is COCO[C@@H](/C(C)=C/[C@H](C)CO[Si](C)(C)C(C)(C)C)[C@@H](C)[C@@H]1O[C@H](c2ccc(OC)cc2)O[C@H]([C@@H](O)C(=O)OC)[C@@H]1C. The molecule has 0 bridgehead atoms. The molecule has 1 aromatic carbocycles. The van der Waals surface area contributed by atoms with E-state index in [1.54, 1.807) is 14.2 Å². The third-order valence-electron chi connectivity index (χ3n) is 8.61. The average Bonchev–Trinajstić information content (AvgIpc) is 2.95.